The minimum atomic E-state index is -2.83. The Labute approximate surface area is 116 Å². The van der Waals surface area contributed by atoms with Gasteiger partial charge in [-0.2, -0.15) is 5.10 Å². The fourth-order valence-electron chi connectivity index (χ4n) is 2.50. The molecule has 0 aliphatic carbocycles. The van der Waals surface area contributed by atoms with Crippen LogP contribution < -0.4 is 0 Å². The van der Waals surface area contributed by atoms with Gasteiger partial charge in [0.2, 0.25) is 0 Å². The highest BCUT2D eigenvalue weighted by Crippen LogP contribution is 2.22. The van der Waals surface area contributed by atoms with E-state index in [0.717, 1.165) is 6.29 Å². The number of pyridine rings is 1. The van der Waals surface area contributed by atoms with Crippen LogP contribution in [0.1, 0.15) is 29.0 Å². The van der Waals surface area contributed by atoms with Crippen LogP contribution in [-0.2, 0) is 16.3 Å². The molecule has 0 N–H and O–H groups in total. The minimum absolute atomic E-state index is 0.264. The molecule has 0 unspecified atom stereocenters. The molecular weight excluding hydrogens is 278 g/mol. The largest absolute Gasteiger partial charge is 0.298 e. The van der Waals surface area contributed by atoms with E-state index >= 15 is 0 Å². The van der Waals surface area contributed by atoms with Crippen molar-refractivity contribution >= 4 is 21.8 Å². The highest BCUT2D eigenvalue weighted by Gasteiger charge is 2.24. The molecule has 2 aromatic heterocycles. The molecule has 3 rings (SSSR count). The molecule has 1 aliphatic heterocycles. The first-order valence-corrected chi connectivity index (χ1v) is 8.39. The van der Waals surface area contributed by atoms with Crippen molar-refractivity contribution in [3.8, 4) is 0 Å². The number of fused-ring (bicyclic) bond motifs is 1. The van der Waals surface area contributed by atoms with Crippen LogP contribution in [0.5, 0.6) is 0 Å². The van der Waals surface area contributed by atoms with E-state index in [0.29, 0.717) is 42.2 Å². The lowest BCUT2D eigenvalue weighted by Crippen LogP contribution is -2.24. The molecule has 1 aliphatic rings. The first kappa shape index (κ1) is 13.2. The molecule has 2 aromatic rings. The highest BCUT2D eigenvalue weighted by atomic mass is 32.2. The number of carbonyl (C=O) groups excluding carboxylic acids is 1. The Kier molecular flexibility index (Phi) is 3.29. The maximum atomic E-state index is 11.4. The van der Waals surface area contributed by atoms with E-state index in [2.05, 4.69) is 10.1 Å². The van der Waals surface area contributed by atoms with Crippen LogP contribution in [0.15, 0.2) is 18.3 Å². The Balaban J connectivity index is 1.76. The second kappa shape index (κ2) is 4.97. The average molecular weight is 293 g/mol. The van der Waals surface area contributed by atoms with Gasteiger partial charge in [-0.1, -0.05) is 0 Å². The van der Waals surface area contributed by atoms with Gasteiger partial charge in [0.25, 0.3) is 0 Å². The number of aromatic nitrogens is 3. The summed E-state index contributed by atoms with van der Waals surface area (Å²) in [5, 5.41) is 4.35. The zero-order chi connectivity index (χ0) is 14.2. The quantitative estimate of drug-likeness (QED) is 0.786. The van der Waals surface area contributed by atoms with Gasteiger partial charge in [-0.25, -0.2) is 17.9 Å². The summed E-state index contributed by atoms with van der Waals surface area (Å²) in [6, 6.07) is 3.46. The number of aldehydes is 1. The number of nitrogens with zero attached hydrogens (tertiary/aromatic N) is 3. The molecule has 0 bridgehead atoms. The predicted molar refractivity (Wildman–Crippen MR) is 73.5 cm³/mol. The van der Waals surface area contributed by atoms with Crippen LogP contribution in [0.2, 0.25) is 0 Å². The summed E-state index contributed by atoms with van der Waals surface area (Å²) in [6.45, 7) is 0. The van der Waals surface area contributed by atoms with Gasteiger partial charge in [-0.3, -0.25) is 4.79 Å². The van der Waals surface area contributed by atoms with Gasteiger partial charge < -0.3 is 0 Å². The summed E-state index contributed by atoms with van der Waals surface area (Å²) < 4.78 is 24.4. The van der Waals surface area contributed by atoms with E-state index < -0.39 is 9.84 Å². The summed E-state index contributed by atoms with van der Waals surface area (Å²) >= 11 is 0. The van der Waals surface area contributed by atoms with E-state index in [9.17, 15) is 13.2 Å². The molecule has 1 saturated heterocycles. The van der Waals surface area contributed by atoms with Crippen LogP contribution >= 0.6 is 0 Å². The van der Waals surface area contributed by atoms with Gasteiger partial charge in [0, 0.05) is 18.2 Å². The van der Waals surface area contributed by atoms with Crippen LogP contribution in [0, 0.1) is 5.92 Å². The van der Waals surface area contributed by atoms with Crippen molar-refractivity contribution in [2.75, 3.05) is 11.5 Å². The number of hydrogen-bond donors (Lipinski definition) is 0. The SMILES string of the molecule is O=Cc1ccc2nc(CC3CCS(=O)(=O)CC3)nn2c1. The molecule has 0 radical (unpaired) electrons. The monoisotopic (exact) mass is 293 g/mol. The van der Waals surface area contributed by atoms with Gasteiger partial charge in [0.05, 0.1) is 11.5 Å². The van der Waals surface area contributed by atoms with Crippen molar-refractivity contribution in [1.82, 2.24) is 14.6 Å². The second-order valence-corrected chi connectivity index (χ2v) is 7.51. The minimum Gasteiger partial charge on any atom is -0.298 e. The molecular formula is C13H15N3O3S. The van der Waals surface area contributed by atoms with Crippen LogP contribution in [0.4, 0.5) is 0 Å². The molecule has 106 valence electrons. The van der Waals surface area contributed by atoms with E-state index in [-0.39, 0.29) is 11.5 Å². The molecule has 6 nitrogen and oxygen atoms in total. The molecule has 3 heterocycles. The van der Waals surface area contributed by atoms with E-state index in [1.165, 1.54) is 0 Å². The lowest BCUT2D eigenvalue weighted by molar-refractivity contribution is 0.112. The predicted octanol–water partition coefficient (Wildman–Crippen LogP) is 0.909. The van der Waals surface area contributed by atoms with Crippen LogP contribution in [-0.4, -0.2) is 40.8 Å². The summed E-state index contributed by atoms with van der Waals surface area (Å²) in [6.07, 6.45) is 4.46. The van der Waals surface area contributed by atoms with Crippen LogP contribution in [0.25, 0.3) is 5.65 Å². The van der Waals surface area contributed by atoms with Crippen molar-refractivity contribution in [2.45, 2.75) is 19.3 Å². The summed E-state index contributed by atoms with van der Waals surface area (Å²) in [7, 11) is -2.83. The van der Waals surface area contributed by atoms with E-state index in [1.54, 1.807) is 22.8 Å². The normalized spacial score (nSPS) is 19.2. The Bertz CT molecular complexity index is 737. The average Bonchev–Trinajstić information content (AvgIpc) is 2.82. The first-order valence-electron chi connectivity index (χ1n) is 6.57. The van der Waals surface area contributed by atoms with Gasteiger partial charge in [0.1, 0.15) is 9.84 Å². The van der Waals surface area contributed by atoms with Crippen molar-refractivity contribution < 1.29 is 13.2 Å². The molecule has 0 atom stereocenters. The Morgan fingerprint density at radius 1 is 1.30 bits per heavy atom. The Morgan fingerprint density at radius 3 is 2.75 bits per heavy atom. The highest BCUT2D eigenvalue weighted by molar-refractivity contribution is 7.91. The third kappa shape index (κ3) is 2.72. The lowest BCUT2D eigenvalue weighted by atomic mass is 9.99. The second-order valence-electron chi connectivity index (χ2n) is 5.21. The van der Waals surface area contributed by atoms with Gasteiger partial charge in [0.15, 0.2) is 17.8 Å². The number of rotatable bonds is 3. The van der Waals surface area contributed by atoms with Crippen molar-refractivity contribution in [3.63, 3.8) is 0 Å². The molecule has 0 amide bonds. The summed E-state index contributed by atoms with van der Waals surface area (Å²) in [5.41, 5.74) is 1.26. The third-order valence-corrected chi connectivity index (χ3v) is 5.39. The number of hydrogen-bond acceptors (Lipinski definition) is 5. The topological polar surface area (TPSA) is 81.4 Å². The van der Waals surface area contributed by atoms with Gasteiger partial charge in [-0.15, -0.1) is 0 Å². The van der Waals surface area contributed by atoms with Crippen molar-refractivity contribution in [2.24, 2.45) is 5.92 Å². The Hall–Kier alpha value is -1.76. The number of sulfone groups is 1. The maximum absolute atomic E-state index is 11.4. The zero-order valence-electron chi connectivity index (χ0n) is 10.9. The fraction of sp³-hybridized carbons (Fsp3) is 0.462. The standard InChI is InChI=1S/C13H15N3O3S/c17-9-11-1-2-13-14-12(15-16(13)8-11)7-10-3-5-20(18,19)6-4-10/h1-2,8-10H,3-7H2. The van der Waals surface area contributed by atoms with Crippen molar-refractivity contribution in [1.29, 1.82) is 0 Å². The Morgan fingerprint density at radius 2 is 2.05 bits per heavy atom. The van der Waals surface area contributed by atoms with Gasteiger partial charge >= 0.3 is 0 Å². The fourth-order valence-corrected chi connectivity index (χ4v) is 4.09. The molecule has 1 fully saturated rings. The van der Waals surface area contributed by atoms with Gasteiger partial charge in [-0.05, 0) is 30.9 Å². The third-order valence-electron chi connectivity index (χ3n) is 3.68. The molecule has 0 spiro atoms. The molecule has 0 saturated carbocycles. The van der Waals surface area contributed by atoms with Crippen molar-refractivity contribution in [3.05, 3.63) is 29.7 Å². The molecule has 7 heteroatoms. The lowest BCUT2D eigenvalue weighted by Gasteiger charge is -2.20. The molecule has 0 aromatic carbocycles. The maximum Gasteiger partial charge on any atom is 0.155 e. The van der Waals surface area contributed by atoms with E-state index in [1.807, 2.05) is 0 Å². The summed E-state index contributed by atoms with van der Waals surface area (Å²) in [4.78, 5) is 15.1. The summed E-state index contributed by atoms with van der Waals surface area (Å²) in [5.74, 6) is 1.56. The first-order chi connectivity index (χ1) is 9.55. The zero-order valence-corrected chi connectivity index (χ0v) is 11.7. The van der Waals surface area contributed by atoms with E-state index in [4.69, 9.17) is 0 Å². The van der Waals surface area contributed by atoms with Crippen LogP contribution in [0.3, 0.4) is 0 Å². The number of carbonyl (C=O) groups is 1. The molecule has 20 heavy (non-hydrogen) atoms. The smallest absolute Gasteiger partial charge is 0.155 e.